The fraction of sp³-hybridized carbons (Fsp3) is 0.794. The van der Waals surface area contributed by atoms with E-state index in [-0.39, 0.29) is 18.4 Å². The summed E-state index contributed by atoms with van der Waals surface area (Å²) in [6, 6.07) is 10.2. The molecule has 5 heteroatoms. The van der Waals surface area contributed by atoms with Crippen LogP contribution in [0.15, 0.2) is 30.3 Å². The molecule has 1 heterocycles. The van der Waals surface area contributed by atoms with Gasteiger partial charge in [-0.2, -0.15) is 0 Å². The Balaban J connectivity index is 1.30. The molecule has 0 saturated carbocycles. The Morgan fingerprint density at radius 2 is 1.36 bits per heavy atom. The number of ether oxygens (including phenoxy) is 4. The molecule has 0 N–H and O–H groups in total. The second kappa shape index (κ2) is 24.4. The minimum absolute atomic E-state index is 0.123. The van der Waals surface area contributed by atoms with Crippen molar-refractivity contribution in [2.75, 3.05) is 19.8 Å². The molecule has 39 heavy (non-hydrogen) atoms. The topological polar surface area (TPSA) is 54.0 Å². The normalized spacial score (nSPS) is 17.1. The summed E-state index contributed by atoms with van der Waals surface area (Å²) < 4.78 is 22.8. The van der Waals surface area contributed by atoms with Crippen LogP contribution in [0.4, 0.5) is 0 Å². The zero-order valence-corrected chi connectivity index (χ0v) is 25.1. The van der Waals surface area contributed by atoms with Crippen LogP contribution in [-0.4, -0.2) is 38.2 Å². The maximum absolute atomic E-state index is 12.0. The van der Waals surface area contributed by atoms with E-state index in [1.54, 1.807) is 0 Å². The van der Waals surface area contributed by atoms with Crippen LogP contribution >= 0.6 is 0 Å². The molecule has 0 radical (unpaired) electrons. The molecule has 1 aliphatic heterocycles. The van der Waals surface area contributed by atoms with Gasteiger partial charge in [0.25, 0.3) is 0 Å². The van der Waals surface area contributed by atoms with Crippen LogP contribution < -0.4 is 0 Å². The summed E-state index contributed by atoms with van der Waals surface area (Å²) in [5.74, 6) is -0.144. The van der Waals surface area contributed by atoms with Crippen molar-refractivity contribution in [1.82, 2.24) is 0 Å². The number of carbonyl (C=O) groups excluding carboxylic acids is 1. The van der Waals surface area contributed by atoms with E-state index in [2.05, 4.69) is 19.1 Å². The minimum atomic E-state index is -0.144. The average molecular weight is 547 g/mol. The first-order chi connectivity index (χ1) is 19.3. The van der Waals surface area contributed by atoms with Gasteiger partial charge < -0.3 is 18.9 Å². The molecule has 0 spiro atoms. The van der Waals surface area contributed by atoms with Crippen molar-refractivity contribution in [2.45, 2.75) is 154 Å². The summed E-state index contributed by atoms with van der Waals surface area (Å²) in [6.45, 7) is 4.47. The largest absolute Gasteiger partial charge is 0.463 e. The van der Waals surface area contributed by atoms with Gasteiger partial charge in [0.2, 0.25) is 0 Å². The number of carbonyl (C=O) groups is 1. The fourth-order valence-corrected chi connectivity index (χ4v) is 5.10. The van der Waals surface area contributed by atoms with Gasteiger partial charge >= 0.3 is 5.97 Å². The van der Waals surface area contributed by atoms with Crippen LogP contribution in [0.3, 0.4) is 0 Å². The lowest BCUT2D eigenvalue weighted by Crippen LogP contribution is -2.21. The predicted molar refractivity (Wildman–Crippen MR) is 160 cm³/mol. The maximum Gasteiger partial charge on any atom is 0.305 e. The molecule has 0 aromatic heterocycles. The third-order valence-electron chi connectivity index (χ3n) is 7.57. The lowest BCUT2D eigenvalue weighted by molar-refractivity contribution is -0.148. The van der Waals surface area contributed by atoms with Gasteiger partial charge in [0.15, 0.2) is 6.29 Å². The highest BCUT2D eigenvalue weighted by molar-refractivity contribution is 5.69. The average Bonchev–Trinajstić information content (AvgIpc) is 3.41. The van der Waals surface area contributed by atoms with Gasteiger partial charge in [-0.1, -0.05) is 134 Å². The molecule has 0 bridgehead atoms. The smallest absolute Gasteiger partial charge is 0.305 e. The molecule has 1 aliphatic rings. The van der Waals surface area contributed by atoms with E-state index in [1.807, 2.05) is 18.2 Å². The highest BCUT2D eigenvalue weighted by atomic mass is 16.7. The first-order valence-corrected chi connectivity index (χ1v) is 16.3. The number of hydrogen-bond donors (Lipinski definition) is 0. The van der Waals surface area contributed by atoms with Crippen molar-refractivity contribution >= 4 is 5.97 Å². The van der Waals surface area contributed by atoms with E-state index in [0.717, 1.165) is 38.7 Å². The van der Waals surface area contributed by atoms with E-state index >= 15 is 0 Å². The Morgan fingerprint density at radius 1 is 0.769 bits per heavy atom. The summed E-state index contributed by atoms with van der Waals surface area (Å²) in [4.78, 5) is 12.0. The van der Waals surface area contributed by atoms with Crippen LogP contribution in [0.1, 0.15) is 141 Å². The summed E-state index contributed by atoms with van der Waals surface area (Å²) in [6.07, 6.45) is 24.5. The van der Waals surface area contributed by atoms with Crippen molar-refractivity contribution in [1.29, 1.82) is 0 Å². The molecule has 5 nitrogen and oxygen atoms in total. The third kappa shape index (κ3) is 19.3. The zero-order chi connectivity index (χ0) is 27.6. The van der Waals surface area contributed by atoms with E-state index in [9.17, 15) is 4.79 Å². The third-order valence-corrected chi connectivity index (χ3v) is 7.57. The molecule has 2 atom stereocenters. The highest BCUT2D eigenvalue weighted by Crippen LogP contribution is 2.19. The summed E-state index contributed by atoms with van der Waals surface area (Å²) in [5.41, 5.74) is 1.19. The van der Waals surface area contributed by atoms with Crippen LogP contribution in [0.2, 0.25) is 0 Å². The molecular weight excluding hydrogens is 488 g/mol. The van der Waals surface area contributed by atoms with Crippen LogP contribution in [-0.2, 0) is 30.3 Å². The van der Waals surface area contributed by atoms with Gasteiger partial charge in [-0.15, -0.1) is 0 Å². The second-order valence-electron chi connectivity index (χ2n) is 11.3. The Morgan fingerprint density at radius 3 is 2.00 bits per heavy atom. The molecule has 1 saturated heterocycles. The van der Waals surface area contributed by atoms with Crippen LogP contribution in [0.25, 0.3) is 0 Å². The first-order valence-electron chi connectivity index (χ1n) is 16.3. The molecule has 224 valence electrons. The molecule has 0 aliphatic carbocycles. The van der Waals surface area contributed by atoms with Crippen molar-refractivity contribution in [3.05, 3.63) is 35.9 Å². The summed E-state index contributed by atoms with van der Waals surface area (Å²) in [7, 11) is 0. The molecule has 2 rings (SSSR count). The Kier molecular flexibility index (Phi) is 21.1. The van der Waals surface area contributed by atoms with Gasteiger partial charge in [-0.25, -0.2) is 0 Å². The molecule has 0 unspecified atom stereocenters. The predicted octanol–water partition coefficient (Wildman–Crippen LogP) is 9.31. The summed E-state index contributed by atoms with van der Waals surface area (Å²) in [5, 5.41) is 0. The Labute approximate surface area is 239 Å². The lowest BCUT2D eigenvalue weighted by Gasteiger charge is -2.12. The second-order valence-corrected chi connectivity index (χ2v) is 11.3. The van der Waals surface area contributed by atoms with E-state index < -0.39 is 0 Å². The van der Waals surface area contributed by atoms with Gasteiger partial charge in [-0.05, 0) is 31.2 Å². The number of rotatable bonds is 26. The minimum Gasteiger partial charge on any atom is -0.463 e. The van der Waals surface area contributed by atoms with Gasteiger partial charge in [0, 0.05) is 13.0 Å². The molecule has 0 amide bonds. The van der Waals surface area contributed by atoms with Crippen molar-refractivity contribution < 1.29 is 23.7 Å². The van der Waals surface area contributed by atoms with E-state index in [4.69, 9.17) is 18.9 Å². The van der Waals surface area contributed by atoms with Gasteiger partial charge in [0.1, 0.15) is 12.7 Å². The zero-order valence-electron chi connectivity index (χ0n) is 25.1. The summed E-state index contributed by atoms with van der Waals surface area (Å²) >= 11 is 0. The van der Waals surface area contributed by atoms with Crippen LogP contribution in [0.5, 0.6) is 0 Å². The molecule has 1 aromatic carbocycles. The molecular formula is C34H58O5. The number of esters is 1. The van der Waals surface area contributed by atoms with Crippen molar-refractivity contribution in [3.8, 4) is 0 Å². The molecule has 1 aromatic rings. The number of unbranched alkanes of at least 4 members (excludes halogenated alkanes) is 16. The SMILES string of the molecule is CCCCCCCCCCCCCCCCC[C@H]1OC[C@H](COC(=O)CCCCCOCc2ccccc2)O1. The highest BCUT2D eigenvalue weighted by Gasteiger charge is 2.26. The maximum atomic E-state index is 12.0. The van der Waals surface area contributed by atoms with Crippen molar-refractivity contribution in [3.63, 3.8) is 0 Å². The number of hydrogen-bond acceptors (Lipinski definition) is 5. The van der Waals surface area contributed by atoms with Gasteiger partial charge in [-0.3, -0.25) is 4.79 Å². The van der Waals surface area contributed by atoms with E-state index in [0.29, 0.717) is 26.2 Å². The standard InChI is InChI=1S/C34H58O5/c1-2-3-4-5-6-7-8-9-10-11-12-13-14-15-21-26-34-38-30-32(39-34)29-37-33(35)25-20-17-22-27-36-28-31-23-18-16-19-24-31/h16,18-19,23-24,32,34H,2-15,17,20-22,25-30H2,1H3/t32-,34-/m0/s1. The monoisotopic (exact) mass is 546 g/mol. The first kappa shape index (κ1) is 33.8. The van der Waals surface area contributed by atoms with Gasteiger partial charge in [0.05, 0.1) is 13.2 Å². The lowest BCUT2D eigenvalue weighted by atomic mass is 10.0. The molecule has 1 fully saturated rings. The van der Waals surface area contributed by atoms with Crippen molar-refractivity contribution in [2.24, 2.45) is 0 Å². The fourth-order valence-electron chi connectivity index (χ4n) is 5.10. The Hall–Kier alpha value is -1.43. The number of benzene rings is 1. The van der Waals surface area contributed by atoms with Crippen LogP contribution in [0, 0.1) is 0 Å². The Bertz CT molecular complexity index is 679. The van der Waals surface area contributed by atoms with E-state index in [1.165, 1.54) is 95.5 Å². The quantitative estimate of drug-likeness (QED) is 0.0856.